The Morgan fingerprint density at radius 3 is 2.69 bits per heavy atom. The van der Waals surface area contributed by atoms with Gasteiger partial charge in [-0.25, -0.2) is 0 Å². The highest BCUT2D eigenvalue weighted by Gasteiger charge is 2.38. The molecule has 0 amide bonds. The highest BCUT2D eigenvalue weighted by atomic mass is 19.4. The lowest BCUT2D eigenvalue weighted by Crippen LogP contribution is -2.44. The lowest BCUT2D eigenvalue weighted by atomic mass is 9.76. The number of rotatable bonds is 3. The van der Waals surface area contributed by atoms with E-state index in [0.717, 1.165) is 43.7 Å². The first-order valence-electron chi connectivity index (χ1n) is 10.2. The minimum Gasteiger partial charge on any atom is -0.390 e. The van der Waals surface area contributed by atoms with Crippen LogP contribution < -0.4 is 16.0 Å². The normalized spacial score (nSPS) is 30.1. The highest BCUT2D eigenvalue weighted by molar-refractivity contribution is 5.50. The van der Waals surface area contributed by atoms with Gasteiger partial charge in [-0.05, 0) is 50.2 Å². The second-order valence-electron chi connectivity index (χ2n) is 8.04. The lowest BCUT2D eigenvalue weighted by Gasteiger charge is -2.37. The van der Waals surface area contributed by atoms with Crippen LogP contribution in [0.5, 0.6) is 0 Å². The number of nitriles is 1. The predicted molar refractivity (Wildman–Crippen MR) is 105 cm³/mol. The average Bonchev–Trinajstić information content (AvgIpc) is 2.73. The summed E-state index contributed by atoms with van der Waals surface area (Å²) in [6.07, 6.45) is 8.83. The fraction of sp³-hybridized carbons (Fsp3) is 0.500. The molecule has 1 fully saturated rings. The number of alkyl halides is 3. The number of hydrogen-bond donors (Lipinski definition) is 3. The summed E-state index contributed by atoms with van der Waals surface area (Å²) in [5.41, 5.74) is 1.04. The van der Waals surface area contributed by atoms with Crippen LogP contribution in [0.2, 0.25) is 0 Å². The van der Waals surface area contributed by atoms with Gasteiger partial charge in [0.25, 0.3) is 0 Å². The van der Waals surface area contributed by atoms with Gasteiger partial charge in [0.1, 0.15) is 0 Å². The summed E-state index contributed by atoms with van der Waals surface area (Å²) in [6.45, 7) is 2.81. The number of piperidine rings is 1. The largest absolute Gasteiger partial charge is 0.417 e. The van der Waals surface area contributed by atoms with Gasteiger partial charge in [0.15, 0.2) is 0 Å². The zero-order valence-corrected chi connectivity index (χ0v) is 16.1. The molecule has 0 spiro atoms. The van der Waals surface area contributed by atoms with E-state index >= 15 is 0 Å². The van der Waals surface area contributed by atoms with E-state index < -0.39 is 11.7 Å². The summed E-state index contributed by atoms with van der Waals surface area (Å²) in [7, 11) is 0. The molecule has 3 unspecified atom stereocenters. The molecule has 3 N–H and O–H groups in total. The number of fused-ring (bicyclic) bond motifs is 1. The smallest absolute Gasteiger partial charge is 0.390 e. The summed E-state index contributed by atoms with van der Waals surface area (Å²) in [6, 6.07) is 2.15. The minimum absolute atomic E-state index is 0.201. The van der Waals surface area contributed by atoms with E-state index in [-0.39, 0.29) is 23.8 Å². The molecular formula is C22H25F3N4. The van der Waals surface area contributed by atoms with Gasteiger partial charge < -0.3 is 16.0 Å². The number of hydrogen-bond acceptors (Lipinski definition) is 4. The van der Waals surface area contributed by atoms with Crippen LogP contribution >= 0.6 is 0 Å². The quantitative estimate of drug-likeness (QED) is 0.677. The molecule has 4 rings (SSSR count). The highest BCUT2D eigenvalue weighted by Crippen LogP contribution is 2.40. The molecule has 4 aliphatic rings. The van der Waals surface area contributed by atoms with Gasteiger partial charge in [-0.2, -0.15) is 18.4 Å². The average molecular weight is 402 g/mol. The van der Waals surface area contributed by atoms with E-state index in [1.165, 1.54) is 12.2 Å². The Balaban J connectivity index is 1.60. The van der Waals surface area contributed by atoms with Crippen LogP contribution in [0, 0.1) is 29.1 Å². The van der Waals surface area contributed by atoms with Crippen LogP contribution in [-0.2, 0) is 0 Å². The number of nitrogens with one attached hydrogen (secondary N) is 3. The van der Waals surface area contributed by atoms with Crippen LogP contribution in [0.3, 0.4) is 0 Å². The van der Waals surface area contributed by atoms with Gasteiger partial charge in [-0.1, -0.05) is 24.3 Å². The molecule has 154 valence electrons. The van der Waals surface area contributed by atoms with Gasteiger partial charge in [-0.15, -0.1) is 0 Å². The Bertz CT molecular complexity index is 835. The van der Waals surface area contributed by atoms with Crippen LogP contribution in [0.4, 0.5) is 13.2 Å². The fourth-order valence-corrected chi connectivity index (χ4v) is 4.58. The van der Waals surface area contributed by atoms with Crippen molar-refractivity contribution in [2.75, 3.05) is 19.6 Å². The summed E-state index contributed by atoms with van der Waals surface area (Å²) < 4.78 is 39.5. The molecule has 0 aromatic carbocycles. The summed E-state index contributed by atoms with van der Waals surface area (Å²) in [5, 5.41) is 19.6. The van der Waals surface area contributed by atoms with E-state index in [1.807, 2.05) is 6.20 Å². The van der Waals surface area contributed by atoms with Crippen LogP contribution in [0.25, 0.3) is 0 Å². The third-order valence-electron chi connectivity index (χ3n) is 6.14. The summed E-state index contributed by atoms with van der Waals surface area (Å²) >= 11 is 0. The van der Waals surface area contributed by atoms with Gasteiger partial charge >= 0.3 is 6.18 Å². The maximum atomic E-state index is 13.2. The second-order valence-corrected chi connectivity index (χ2v) is 8.04. The molecule has 0 radical (unpaired) electrons. The van der Waals surface area contributed by atoms with Crippen molar-refractivity contribution in [3.63, 3.8) is 0 Å². The number of halogens is 3. The van der Waals surface area contributed by atoms with Crippen molar-refractivity contribution in [3.05, 3.63) is 59.0 Å². The Labute approximate surface area is 168 Å². The van der Waals surface area contributed by atoms with Crippen molar-refractivity contribution >= 4 is 0 Å². The van der Waals surface area contributed by atoms with Crippen molar-refractivity contribution in [2.45, 2.75) is 31.5 Å². The molecular weight excluding hydrogens is 377 g/mol. The van der Waals surface area contributed by atoms with E-state index in [4.69, 9.17) is 0 Å². The maximum absolute atomic E-state index is 13.2. The van der Waals surface area contributed by atoms with Crippen molar-refractivity contribution in [1.29, 1.82) is 5.26 Å². The molecule has 29 heavy (non-hydrogen) atoms. The Morgan fingerprint density at radius 1 is 1.17 bits per heavy atom. The molecule has 0 bridgehead atoms. The van der Waals surface area contributed by atoms with Gasteiger partial charge in [0.2, 0.25) is 0 Å². The third kappa shape index (κ3) is 4.27. The first kappa shape index (κ1) is 19.8. The molecule has 3 atom stereocenters. The van der Waals surface area contributed by atoms with Gasteiger partial charge in [-0.3, -0.25) is 0 Å². The molecule has 1 saturated heterocycles. The topological polar surface area (TPSA) is 59.9 Å². The van der Waals surface area contributed by atoms with Crippen LogP contribution in [0.1, 0.15) is 19.3 Å². The SMILES string of the molecule is N#CC1=CC(C2=CC3C=CNCC3C(NC3CCNCC3)=C2)CC=C1C(F)(F)F. The molecule has 2 aliphatic carbocycles. The van der Waals surface area contributed by atoms with E-state index in [2.05, 4.69) is 34.2 Å². The maximum Gasteiger partial charge on any atom is 0.417 e. The summed E-state index contributed by atoms with van der Waals surface area (Å²) in [4.78, 5) is 0. The Hall–Kier alpha value is -2.46. The fourth-order valence-electron chi connectivity index (χ4n) is 4.58. The molecule has 0 saturated carbocycles. The zero-order chi connectivity index (χ0) is 20.4. The molecule has 7 heteroatoms. The molecule has 4 nitrogen and oxygen atoms in total. The Morgan fingerprint density at radius 2 is 1.97 bits per heavy atom. The number of allylic oxidation sites excluding steroid dienone is 8. The monoisotopic (exact) mass is 402 g/mol. The molecule has 0 aromatic heterocycles. The summed E-state index contributed by atoms with van der Waals surface area (Å²) in [5.74, 6) is 0.278. The predicted octanol–water partition coefficient (Wildman–Crippen LogP) is 3.46. The Kier molecular flexibility index (Phi) is 5.55. The standard InChI is InChI=1S/C22H25F3N4/c23-22(24,25)20-2-1-14(9-17(20)12-26)16-10-15-3-6-28-13-19(15)21(11-16)29-18-4-7-27-8-5-18/h2-3,6,9-11,14-15,18-19,27-29H,1,4-5,7-8,13H2. The van der Waals surface area contributed by atoms with Gasteiger partial charge in [0.05, 0.1) is 17.2 Å². The lowest BCUT2D eigenvalue weighted by molar-refractivity contribution is -0.0894. The number of nitrogens with zero attached hydrogens (tertiary/aromatic N) is 1. The molecule has 0 aromatic rings. The first-order valence-corrected chi connectivity index (χ1v) is 10.2. The first-order chi connectivity index (χ1) is 14.0. The van der Waals surface area contributed by atoms with Crippen molar-refractivity contribution < 1.29 is 13.2 Å². The van der Waals surface area contributed by atoms with Crippen molar-refractivity contribution in [1.82, 2.24) is 16.0 Å². The van der Waals surface area contributed by atoms with Crippen LogP contribution in [0.15, 0.2) is 59.0 Å². The third-order valence-corrected chi connectivity index (χ3v) is 6.14. The minimum atomic E-state index is -4.49. The second kappa shape index (κ2) is 8.11. The van der Waals surface area contributed by atoms with E-state index in [0.29, 0.717) is 12.0 Å². The molecule has 2 aliphatic heterocycles. The van der Waals surface area contributed by atoms with Crippen LogP contribution in [-0.4, -0.2) is 31.9 Å². The van der Waals surface area contributed by atoms with Crippen molar-refractivity contribution in [2.24, 2.45) is 17.8 Å². The van der Waals surface area contributed by atoms with E-state index in [1.54, 1.807) is 6.07 Å². The van der Waals surface area contributed by atoms with E-state index in [9.17, 15) is 18.4 Å². The van der Waals surface area contributed by atoms with Gasteiger partial charge in [0, 0.05) is 36.0 Å². The molecule has 2 heterocycles. The van der Waals surface area contributed by atoms with Crippen molar-refractivity contribution in [3.8, 4) is 6.07 Å². The zero-order valence-electron chi connectivity index (χ0n) is 16.1.